The lowest BCUT2D eigenvalue weighted by molar-refractivity contribution is 0.0600. The van der Waals surface area contributed by atoms with Gasteiger partial charge < -0.3 is 10.1 Å². The van der Waals surface area contributed by atoms with Gasteiger partial charge in [0.25, 0.3) is 5.56 Å². The normalized spacial score (nSPS) is 12.2. The van der Waals surface area contributed by atoms with E-state index in [-0.39, 0.29) is 30.4 Å². The number of nitrogens with one attached hydrogen (secondary N) is 1. The first kappa shape index (κ1) is 23.1. The molecule has 30 heavy (non-hydrogen) atoms. The lowest BCUT2D eigenvalue weighted by atomic mass is 9.97. The minimum atomic E-state index is -0.369. The summed E-state index contributed by atoms with van der Waals surface area (Å²) >= 11 is 0. The van der Waals surface area contributed by atoms with Gasteiger partial charge in [0, 0.05) is 24.2 Å². The van der Waals surface area contributed by atoms with Crippen molar-refractivity contribution < 1.29 is 9.53 Å². The number of hydrogen-bond donors (Lipinski definition) is 1. The van der Waals surface area contributed by atoms with Crippen molar-refractivity contribution >= 4 is 23.0 Å². The molecule has 1 atom stereocenters. The first-order chi connectivity index (χ1) is 13.7. The molecule has 0 aliphatic heterocycles. The Labute approximate surface area is 177 Å². The van der Waals surface area contributed by atoms with Crippen LogP contribution in [0.2, 0.25) is 0 Å². The van der Waals surface area contributed by atoms with E-state index in [0.29, 0.717) is 23.7 Å². The molecule has 3 aromatic rings. The predicted octanol–water partition coefficient (Wildman–Crippen LogP) is 4.43. The zero-order chi connectivity index (χ0) is 21.2. The number of hydrogen-bond acceptors (Lipinski definition) is 6. The van der Waals surface area contributed by atoms with Crippen LogP contribution in [0.3, 0.4) is 0 Å². The van der Waals surface area contributed by atoms with Gasteiger partial charge in [-0.2, -0.15) is 4.98 Å². The quantitative estimate of drug-likeness (QED) is 0.626. The third-order valence-electron chi connectivity index (χ3n) is 4.53. The zero-order valence-electron chi connectivity index (χ0n) is 17.4. The molecule has 0 radical (unpaired) electrons. The molecule has 7 nitrogen and oxygen atoms in total. The Morgan fingerprint density at radius 3 is 2.43 bits per heavy atom. The van der Waals surface area contributed by atoms with Crippen LogP contribution in [0.15, 0.2) is 47.4 Å². The molecule has 1 aromatic carbocycles. The number of fused-ring (bicyclic) bond motifs is 1. The van der Waals surface area contributed by atoms with E-state index in [0.717, 1.165) is 10.9 Å². The lowest BCUT2D eigenvalue weighted by Gasteiger charge is -2.21. The molecule has 0 aliphatic rings. The number of methoxy groups -OCH3 is 1. The third-order valence-corrected chi connectivity index (χ3v) is 4.53. The number of nitrogens with zero attached hydrogens (tertiary/aromatic N) is 3. The Hall–Kier alpha value is -3.22. The van der Waals surface area contributed by atoms with Crippen LogP contribution >= 0.6 is 0 Å². The minimum Gasteiger partial charge on any atom is -0.465 e. The lowest BCUT2D eigenvalue weighted by Crippen LogP contribution is -2.27. The number of ether oxygens (including phenoxy) is 1. The van der Waals surface area contributed by atoms with Crippen molar-refractivity contribution in [3.8, 4) is 0 Å². The second-order valence-electron chi connectivity index (χ2n) is 8.27. The maximum atomic E-state index is 12.4. The van der Waals surface area contributed by atoms with Crippen LogP contribution in [-0.2, 0) is 11.3 Å². The summed E-state index contributed by atoms with van der Waals surface area (Å²) in [5.74, 6) is 0.0714. The summed E-state index contributed by atoms with van der Waals surface area (Å²) in [4.78, 5) is 33.0. The highest BCUT2D eigenvalue weighted by Gasteiger charge is 2.16. The molecule has 0 amide bonds. The van der Waals surface area contributed by atoms with Crippen molar-refractivity contribution in [1.29, 1.82) is 0 Å². The predicted molar refractivity (Wildman–Crippen MR) is 120 cm³/mol. The molecule has 0 saturated carbocycles. The second-order valence-corrected chi connectivity index (χ2v) is 8.27. The number of rotatable bonds is 5. The highest BCUT2D eigenvalue weighted by Crippen LogP contribution is 2.21. The van der Waals surface area contributed by atoms with E-state index in [1.54, 1.807) is 35.0 Å². The summed E-state index contributed by atoms with van der Waals surface area (Å²) in [6.07, 6.45) is 1.72. The Morgan fingerprint density at radius 1 is 1.17 bits per heavy atom. The molecule has 2 aromatic heterocycles. The molecule has 7 heteroatoms. The van der Waals surface area contributed by atoms with Gasteiger partial charge in [-0.15, -0.1) is 0 Å². The average molecular weight is 411 g/mol. The third kappa shape index (κ3) is 5.23. The topological polar surface area (TPSA) is 86.1 Å². The fraction of sp³-hybridized carbons (Fsp3) is 0.391. The molecule has 0 unspecified atom stereocenters. The summed E-state index contributed by atoms with van der Waals surface area (Å²) in [6.45, 7) is 8.79. The van der Waals surface area contributed by atoms with Crippen molar-refractivity contribution in [2.45, 2.75) is 47.7 Å². The van der Waals surface area contributed by atoms with Crippen LogP contribution in [0.4, 0.5) is 5.95 Å². The highest BCUT2D eigenvalue weighted by atomic mass is 16.5. The van der Waals surface area contributed by atoms with Gasteiger partial charge in [-0.3, -0.25) is 9.36 Å². The first-order valence-corrected chi connectivity index (χ1v) is 9.49. The van der Waals surface area contributed by atoms with Crippen molar-refractivity contribution in [1.82, 2.24) is 14.5 Å². The molecule has 0 bridgehead atoms. The van der Waals surface area contributed by atoms with Gasteiger partial charge in [0.15, 0.2) is 0 Å². The van der Waals surface area contributed by atoms with E-state index >= 15 is 0 Å². The largest absolute Gasteiger partial charge is 0.465 e. The SMILES string of the molecule is C.COC(=O)c1ccc([C@H](C)Nc2ncc3ccc(=O)n(CC(C)(C)C)c3n2)cc1. The van der Waals surface area contributed by atoms with E-state index in [2.05, 4.69) is 36.1 Å². The first-order valence-electron chi connectivity index (χ1n) is 9.49. The average Bonchev–Trinajstić information content (AvgIpc) is 2.69. The van der Waals surface area contributed by atoms with E-state index in [1.807, 2.05) is 19.1 Å². The fourth-order valence-corrected chi connectivity index (χ4v) is 3.07. The molecule has 1 N–H and O–H groups in total. The van der Waals surface area contributed by atoms with Crippen LogP contribution in [0.25, 0.3) is 11.0 Å². The Morgan fingerprint density at radius 2 is 1.83 bits per heavy atom. The van der Waals surface area contributed by atoms with Gasteiger partial charge in [-0.1, -0.05) is 40.3 Å². The number of anilines is 1. The van der Waals surface area contributed by atoms with Gasteiger partial charge in [-0.05, 0) is 36.1 Å². The maximum Gasteiger partial charge on any atom is 0.337 e. The summed E-state index contributed by atoms with van der Waals surface area (Å²) in [5.41, 5.74) is 1.94. The van der Waals surface area contributed by atoms with Gasteiger partial charge in [0.1, 0.15) is 5.65 Å². The summed E-state index contributed by atoms with van der Waals surface area (Å²) in [5, 5.41) is 4.08. The number of pyridine rings is 1. The number of carbonyl (C=O) groups is 1. The molecule has 0 saturated heterocycles. The Kier molecular flexibility index (Phi) is 6.97. The number of carbonyl (C=O) groups excluding carboxylic acids is 1. The number of aromatic nitrogens is 3. The highest BCUT2D eigenvalue weighted by molar-refractivity contribution is 5.89. The van der Waals surface area contributed by atoms with Crippen molar-refractivity contribution in [3.63, 3.8) is 0 Å². The molecular weight excluding hydrogens is 380 g/mol. The Bertz CT molecular complexity index is 1080. The zero-order valence-corrected chi connectivity index (χ0v) is 17.4. The van der Waals surface area contributed by atoms with Crippen molar-refractivity contribution in [3.05, 3.63) is 64.1 Å². The minimum absolute atomic E-state index is 0. The van der Waals surface area contributed by atoms with E-state index < -0.39 is 0 Å². The smallest absolute Gasteiger partial charge is 0.337 e. The van der Waals surface area contributed by atoms with Crippen LogP contribution in [0.1, 0.15) is 57.1 Å². The molecule has 0 spiro atoms. The molecular formula is C23H30N4O3. The van der Waals surface area contributed by atoms with Crippen LogP contribution in [0, 0.1) is 5.41 Å². The van der Waals surface area contributed by atoms with Crippen molar-refractivity contribution in [2.75, 3.05) is 12.4 Å². The second kappa shape index (κ2) is 9.07. The van der Waals surface area contributed by atoms with Gasteiger partial charge in [0.2, 0.25) is 5.95 Å². The number of esters is 1. The van der Waals surface area contributed by atoms with Gasteiger partial charge >= 0.3 is 5.97 Å². The fourth-order valence-electron chi connectivity index (χ4n) is 3.07. The summed E-state index contributed by atoms with van der Waals surface area (Å²) in [7, 11) is 1.36. The van der Waals surface area contributed by atoms with E-state index in [1.165, 1.54) is 7.11 Å². The van der Waals surface area contributed by atoms with E-state index in [4.69, 9.17) is 4.74 Å². The number of benzene rings is 1. The van der Waals surface area contributed by atoms with Gasteiger partial charge in [0.05, 0.1) is 18.7 Å². The van der Waals surface area contributed by atoms with Crippen molar-refractivity contribution in [2.24, 2.45) is 5.41 Å². The molecule has 3 rings (SSSR count). The maximum absolute atomic E-state index is 12.4. The van der Waals surface area contributed by atoms with Crippen LogP contribution in [-0.4, -0.2) is 27.6 Å². The molecule has 0 fully saturated rings. The summed E-state index contributed by atoms with van der Waals surface area (Å²) < 4.78 is 6.42. The van der Waals surface area contributed by atoms with Crippen LogP contribution in [0.5, 0.6) is 0 Å². The standard InChI is InChI=1S/C22H26N4O3.CH4/c1-14(15-6-8-16(9-7-15)20(28)29-5)24-21-23-12-17-10-11-18(27)26(19(17)25-21)13-22(2,3)4;/h6-12,14H,13H2,1-5H3,(H,23,24,25);1H4/t14-;/m0./s1. The molecule has 160 valence electrons. The summed E-state index contributed by atoms with van der Waals surface area (Å²) in [6, 6.07) is 10.4. The monoisotopic (exact) mass is 410 g/mol. The van der Waals surface area contributed by atoms with E-state index in [9.17, 15) is 9.59 Å². The van der Waals surface area contributed by atoms with Crippen LogP contribution < -0.4 is 10.9 Å². The Balaban J connectivity index is 0.00000320. The molecule has 2 heterocycles. The molecule has 0 aliphatic carbocycles. The van der Waals surface area contributed by atoms with Gasteiger partial charge in [-0.25, -0.2) is 9.78 Å².